The number of para-hydroxylation sites is 2. The molecule has 5 nitrogen and oxygen atoms in total. The van der Waals surface area contributed by atoms with Crippen molar-refractivity contribution in [3.8, 4) is 11.7 Å². The minimum Gasteiger partial charge on any atom is -0.785 e. The number of pyridine rings is 1. The standard InChI is InChI=1S/C18H21N3O2S/c1-13-16(12-24)21(9-8-17(13)23-11-5-10-22-2)18-19-14-6-3-4-7-15(14)20-18/h3-4,6-9H,5,10-12H2,1-2H3,(H-,19,20,24). The number of fused-ring (bicyclic) bond motifs is 1. The van der Waals surface area contributed by atoms with Crippen LogP contribution in [0, 0.1) is 6.92 Å². The zero-order valence-electron chi connectivity index (χ0n) is 13.9. The lowest BCUT2D eigenvalue weighted by Crippen LogP contribution is -2.37. The molecule has 3 aromatic rings. The predicted molar refractivity (Wildman–Crippen MR) is 95.4 cm³/mol. The van der Waals surface area contributed by atoms with E-state index in [1.54, 1.807) is 7.11 Å². The Morgan fingerprint density at radius 3 is 2.79 bits per heavy atom. The summed E-state index contributed by atoms with van der Waals surface area (Å²) in [5, 5.41) is 0. The maximum absolute atomic E-state index is 5.86. The monoisotopic (exact) mass is 343 g/mol. The molecular weight excluding hydrogens is 322 g/mol. The molecule has 126 valence electrons. The molecular formula is C18H21N3O2S. The van der Waals surface area contributed by atoms with Gasteiger partial charge in [-0.1, -0.05) is 17.1 Å². The van der Waals surface area contributed by atoms with Gasteiger partial charge in [-0.2, -0.15) is 0 Å². The van der Waals surface area contributed by atoms with Gasteiger partial charge in [0.1, 0.15) is 11.3 Å². The Labute approximate surface area is 147 Å². The largest absolute Gasteiger partial charge is 0.785 e. The van der Waals surface area contributed by atoms with E-state index in [2.05, 4.69) is 9.97 Å². The molecule has 2 heterocycles. The third kappa shape index (κ3) is 3.39. The summed E-state index contributed by atoms with van der Waals surface area (Å²) in [5.74, 6) is 2.11. The van der Waals surface area contributed by atoms with Gasteiger partial charge in [0.25, 0.3) is 0 Å². The van der Waals surface area contributed by atoms with Crippen molar-refractivity contribution in [1.82, 2.24) is 9.97 Å². The lowest BCUT2D eigenvalue weighted by molar-refractivity contribution is -0.610. The highest BCUT2D eigenvalue weighted by Crippen LogP contribution is 2.20. The molecule has 0 spiro atoms. The van der Waals surface area contributed by atoms with Crippen molar-refractivity contribution in [2.45, 2.75) is 19.1 Å². The molecule has 0 bridgehead atoms. The predicted octanol–water partition coefficient (Wildman–Crippen LogP) is 2.61. The van der Waals surface area contributed by atoms with Crippen LogP contribution in [0.1, 0.15) is 17.7 Å². The fourth-order valence-electron chi connectivity index (χ4n) is 2.65. The number of hydrogen-bond donors (Lipinski definition) is 1. The van der Waals surface area contributed by atoms with Gasteiger partial charge in [0.15, 0.2) is 5.52 Å². The van der Waals surface area contributed by atoms with Gasteiger partial charge in [-0.25, -0.2) is 9.55 Å². The van der Waals surface area contributed by atoms with Gasteiger partial charge in [-0.05, 0) is 19.1 Å². The first-order valence-corrected chi connectivity index (χ1v) is 8.51. The molecule has 2 aromatic heterocycles. The van der Waals surface area contributed by atoms with Crippen LogP contribution < -0.4 is 9.30 Å². The Morgan fingerprint density at radius 1 is 1.21 bits per heavy atom. The molecule has 0 aliphatic carbocycles. The summed E-state index contributed by atoms with van der Waals surface area (Å²) in [6.07, 6.45) is 2.82. The number of H-pyrrole nitrogens is 1. The van der Waals surface area contributed by atoms with Crippen LogP contribution in [0.3, 0.4) is 0 Å². The highest BCUT2D eigenvalue weighted by molar-refractivity contribution is 7.57. The van der Waals surface area contributed by atoms with Crippen LogP contribution >= 0.6 is 0 Å². The van der Waals surface area contributed by atoms with E-state index in [4.69, 9.17) is 22.1 Å². The molecule has 0 unspecified atom stereocenters. The molecule has 0 atom stereocenters. The number of aromatic nitrogens is 3. The van der Waals surface area contributed by atoms with E-state index in [-0.39, 0.29) is 0 Å². The first-order valence-electron chi connectivity index (χ1n) is 7.93. The summed E-state index contributed by atoms with van der Waals surface area (Å²) in [7, 11) is 1.69. The van der Waals surface area contributed by atoms with Crippen molar-refractivity contribution in [2.24, 2.45) is 0 Å². The van der Waals surface area contributed by atoms with E-state index in [0.717, 1.165) is 40.4 Å². The molecule has 0 fully saturated rings. The molecule has 0 amide bonds. The maximum atomic E-state index is 5.86. The Bertz CT molecular complexity index is 799. The van der Waals surface area contributed by atoms with Gasteiger partial charge in [-0.3, -0.25) is 0 Å². The smallest absolute Gasteiger partial charge is 0.402 e. The first kappa shape index (κ1) is 16.8. The minimum absolute atomic E-state index is 0.484. The number of imidazole rings is 1. The molecule has 0 aliphatic heterocycles. The molecule has 3 rings (SSSR count). The Kier molecular flexibility index (Phi) is 5.37. The molecule has 0 radical (unpaired) electrons. The number of rotatable bonds is 7. The zero-order chi connectivity index (χ0) is 16.9. The van der Waals surface area contributed by atoms with E-state index >= 15 is 0 Å². The van der Waals surface area contributed by atoms with Gasteiger partial charge in [0.2, 0.25) is 0 Å². The van der Waals surface area contributed by atoms with Crippen LogP contribution in [-0.4, -0.2) is 30.3 Å². The van der Waals surface area contributed by atoms with Crippen LogP contribution in [0.25, 0.3) is 17.0 Å². The van der Waals surface area contributed by atoms with Crippen LogP contribution in [-0.2, 0) is 23.1 Å². The number of methoxy groups -OCH3 is 1. The number of nitrogens with zero attached hydrogens (tertiary/aromatic N) is 2. The van der Waals surface area contributed by atoms with Crippen molar-refractivity contribution in [1.29, 1.82) is 0 Å². The Hall–Kier alpha value is -2.05. The average molecular weight is 343 g/mol. The fourth-order valence-corrected chi connectivity index (χ4v) is 3.01. The van der Waals surface area contributed by atoms with Crippen molar-refractivity contribution in [2.75, 3.05) is 20.3 Å². The zero-order valence-corrected chi connectivity index (χ0v) is 14.7. The second-order valence-electron chi connectivity index (χ2n) is 5.54. The van der Waals surface area contributed by atoms with Crippen molar-refractivity contribution in [3.63, 3.8) is 0 Å². The van der Waals surface area contributed by atoms with Gasteiger partial charge < -0.3 is 22.1 Å². The first-order chi connectivity index (χ1) is 11.7. The lowest BCUT2D eigenvalue weighted by atomic mass is 10.2. The van der Waals surface area contributed by atoms with Gasteiger partial charge in [-0.15, -0.1) is 5.75 Å². The van der Waals surface area contributed by atoms with E-state index in [0.29, 0.717) is 19.0 Å². The normalized spacial score (nSPS) is 11.1. The van der Waals surface area contributed by atoms with E-state index in [1.165, 1.54) is 0 Å². The van der Waals surface area contributed by atoms with Crippen molar-refractivity contribution >= 4 is 23.7 Å². The second kappa shape index (κ2) is 7.68. The average Bonchev–Trinajstić information content (AvgIpc) is 3.03. The Morgan fingerprint density at radius 2 is 2.04 bits per heavy atom. The molecule has 6 heteroatoms. The van der Waals surface area contributed by atoms with Gasteiger partial charge in [0, 0.05) is 31.8 Å². The van der Waals surface area contributed by atoms with Crippen LogP contribution in [0.5, 0.6) is 5.75 Å². The lowest BCUT2D eigenvalue weighted by Gasteiger charge is -2.16. The van der Waals surface area contributed by atoms with Gasteiger partial charge >= 0.3 is 5.95 Å². The Balaban J connectivity index is 1.92. The summed E-state index contributed by atoms with van der Waals surface area (Å²) >= 11 is 5.35. The highest BCUT2D eigenvalue weighted by Gasteiger charge is 2.18. The van der Waals surface area contributed by atoms with Crippen molar-refractivity contribution < 1.29 is 14.0 Å². The minimum atomic E-state index is 0.484. The van der Waals surface area contributed by atoms with Crippen LogP contribution in [0.15, 0.2) is 36.5 Å². The van der Waals surface area contributed by atoms with Crippen molar-refractivity contribution in [3.05, 3.63) is 47.8 Å². The van der Waals surface area contributed by atoms with E-state index in [1.807, 2.05) is 48.0 Å². The summed E-state index contributed by atoms with van der Waals surface area (Å²) in [4.78, 5) is 7.99. The molecule has 1 N–H and O–H groups in total. The quantitative estimate of drug-likeness (QED) is 0.407. The highest BCUT2D eigenvalue weighted by atomic mass is 32.1. The number of hydrogen-bond acceptors (Lipinski definition) is 4. The van der Waals surface area contributed by atoms with Crippen LogP contribution in [0.4, 0.5) is 0 Å². The molecule has 0 aliphatic rings. The van der Waals surface area contributed by atoms with Crippen LogP contribution in [0.2, 0.25) is 0 Å². The number of aromatic amines is 1. The summed E-state index contributed by atoms with van der Waals surface area (Å²) in [5.41, 5.74) is 4.00. The molecule has 1 aromatic carbocycles. The number of benzene rings is 1. The summed E-state index contributed by atoms with van der Waals surface area (Å²) < 4.78 is 12.9. The van der Waals surface area contributed by atoms with Gasteiger partial charge in [0.05, 0.1) is 18.5 Å². The summed E-state index contributed by atoms with van der Waals surface area (Å²) in [6, 6.07) is 9.94. The third-order valence-corrected chi connectivity index (χ3v) is 4.23. The topological polar surface area (TPSA) is 51.0 Å². The molecule has 24 heavy (non-hydrogen) atoms. The summed E-state index contributed by atoms with van der Waals surface area (Å²) in [6.45, 7) is 3.35. The second-order valence-corrected chi connectivity index (χ2v) is 5.83. The number of ether oxygens (including phenoxy) is 2. The molecule has 0 saturated carbocycles. The third-order valence-electron chi connectivity index (χ3n) is 3.96. The van der Waals surface area contributed by atoms with E-state index < -0.39 is 0 Å². The molecule has 0 saturated heterocycles. The SMILES string of the molecule is COCCCOc1cc[n+](-c2nc3ccccc3[nH]2)c(C[S-])c1C. The van der Waals surface area contributed by atoms with E-state index in [9.17, 15) is 0 Å². The number of nitrogens with one attached hydrogen (secondary N) is 1. The fraction of sp³-hybridized carbons (Fsp3) is 0.333. The maximum Gasteiger partial charge on any atom is 0.402 e.